The Labute approximate surface area is 110 Å². The highest BCUT2D eigenvalue weighted by molar-refractivity contribution is 5.96. The van der Waals surface area contributed by atoms with E-state index >= 15 is 0 Å². The molecule has 1 saturated heterocycles. The van der Waals surface area contributed by atoms with Crippen LogP contribution in [0, 0.1) is 0 Å². The van der Waals surface area contributed by atoms with Crippen molar-refractivity contribution < 1.29 is 24.2 Å². The normalized spacial score (nSPS) is 18.1. The first kappa shape index (κ1) is 13.4. The molecular weight excluding hydrogens is 250 g/mol. The summed E-state index contributed by atoms with van der Waals surface area (Å²) < 4.78 is 10.3. The molecule has 0 spiro atoms. The molecule has 0 bridgehead atoms. The number of rotatable bonds is 4. The van der Waals surface area contributed by atoms with Crippen molar-refractivity contribution in [3.63, 3.8) is 0 Å². The summed E-state index contributed by atoms with van der Waals surface area (Å²) in [5, 5.41) is 11.6. The Morgan fingerprint density at radius 2 is 2.26 bits per heavy atom. The first-order chi connectivity index (χ1) is 9.11. The van der Waals surface area contributed by atoms with Gasteiger partial charge in [0, 0.05) is 18.4 Å². The lowest BCUT2D eigenvalue weighted by Crippen LogP contribution is -2.26. The monoisotopic (exact) mass is 265 g/mol. The van der Waals surface area contributed by atoms with Crippen LogP contribution in [0.1, 0.15) is 23.2 Å². The smallest absolute Gasteiger partial charge is 0.339 e. The van der Waals surface area contributed by atoms with Crippen LogP contribution in [0.15, 0.2) is 18.2 Å². The second-order valence-corrected chi connectivity index (χ2v) is 4.21. The molecule has 1 aromatic rings. The minimum Gasteiger partial charge on any atom is -0.496 e. The number of hydrogen-bond acceptors (Lipinski definition) is 4. The highest BCUT2D eigenvalue weighted by Gasteiger charge is 2.23. The van der Waals surface area contributed by atoms with Gasteiger partial charge < -0.3 is 19.9 Å². The molecule has 1 aromatic carbocycles. The maximum Gasteiger partial charge on any atom is 0.339 e. The number of benzene rings is 1. The Bertz CT molecular complexity index is 494. The summed E-state index contributed by atoms with van der Waals surface area (Å²) in [6, 6.07) is 4.40. The van der Waals surface area contributed by atoms with Crippen LogP contribution in [0.4, 0.5) is 5.69 Å². The molecule has 102 valence electrons. The molecule has 1 heterocycles. The van der Waals surface area contributed by atoms with Gasteiger partial charge in [0.1, 0.15) is 17.4 Å². The van der Waals surface area contributed by atoms with Gasteiger partial charge in [0.2, 0.25) is 0 Å². The van der Waals surface area contributed by atoms with Gasteiger partial charge in [-0.3, -0.25) is 4.79 Å². The minimum absolute atomic E-state index is 0.0533. The second-order valence-electron chi connectivity index (χ2n) is 4.21. The molecular formula is C13H15NO5. The topological polar surface area (TPSA) is 84.9 Å². The Morgan fingerprint density at radius 3 is 2.84 bits per heavy atom. The maximum absolute atomic E-state index is 11.8. The zero-order valence-corrected chi connectivity index (χ0v) is 10.5. The Kier molecular flexibility index (Phi) is 4.01. The predicted octanol–water partition coefficient (Wildman–Crippen LogP) is 1.51. The third-order valence-electron chi connectivity index (χ3n) is 2.92. The zero-order chi connectivity index (χ0) is 13.8. The molecule has 6 nitrogen and oxygen atoms in total. The molecule has 1 amide bonds. The van der Waals surface area contributed by atoms with E-state index in [0.29, 0.717) is 18.7 Å². The van der Waals surface area contributed by atoms with Crippen LogP contribution >= 0.6 is 0 Å². The lowest BCUT2D eigenvalue weighted by molar-refractivity contribution is -0.124. The molecule has 0 aliphatic carbocycles. The van der Waals surface area contributed by atoms with Crippen molar-refractivity contribution in [3.8, 4) is 5.75 Å². The molecule has 0 saturated carbocycles. The van der Waals surface area contributed by atoms with Crippen molar-refractivity contribution >= 4 is 17.6 Å². The Hall–Kier alpha value is -2.08. The summed E-state index contributed by atoms with van der Waals surface area (Å²) in [6.45, 7) is 0.597. The van der Waals surface area contributed by atoms with E-state index in [9.17, 15) is 9.59 Å². The molecule has 19 heavy (non-hydrogen) atoms. The number of anilines is 1. The van der Waals surface area contributed by atoms with Gasteiger partial charge in [-0.05, 0) is 25.0 Å². The van der Waals surface area contributed by atoms with Gasteiger partial charge in [-0.2, -0.15) is 0 Å². The van der Waals surface area contributed by atoms with E-state index in [1.54, 1.807) is 0 Å². The van der Waals surface area contributed by atoms with Crippen LogP contribution in [-0.4, -0.2) is 36.8 Å². The van der Waals surface area contributed by atoms with Gasteiger partial charge in [-0.15, -0.1) is 0 Å². The zero-order valence-electron chi connectivity index (χ0n) is 10.5. The summed E-state index contributed by atoms with van der Waals surface area (Å²) in [4.78, 5) is 22.8. The fraction of sp³-hybridized carbons (Fsp3) is 0.385. The Morgan fingerprint density at radius 1 is 1.47 bits per heavy atom. The summed E-state index contributed by atoms with van der Waals surface area (Å²) in [6.07, 6.45) is 1.15. The number of carbonyl (C=O) groups is 2. The number of amides is 1. The van der Waals surface area contributed by atoms with Gasteiger partial charge in [-0.1, -0.05) is 0 Å². The van der Waals surface area contributed by atoms with Crippen molar-refractivity contribution in [2.45, 2.75) is 18.9 Å². The third-order valence-corrected chi connectivity index (χ3v) is 2.92. The number of aromatic carboxylic acids is 1. The van der Waals surface area contributed by atoms with Crippen molar-refractivity contribution in [2.24, 2.45) is 0 Å². The van der Waals surface area contributed by atoms with Crippen LogP contribution in [-0.2, 0) is 9.53 Å². The number of ether oxygens (including phenoxy) is 2. The van der Waals surface area contributed by atoms with Gasteiger partial charge in [0.15, 0.2) is 0 Å². The average molecular weight is 265 g/mol. The highest BCUT2D eigenvalue weighted by Crippen LogP contribution is 2.24. The van der Waals surface area contributed by atoms with Gasteiger partial charge in [0.05, 0.1) is 7.11 Å². The van der Waals surface area contributed by atoms with Gasteiger partial charge >= 0.3 is 5.97 Å². The van der Waals surface area contributed by atoms with Crippen molar-refractivity contribution in [3.05, 3.63) is 23.8 Å². The highest BCUT2D eigenvalue weighted by atomic mass is 16.5. The van der Waals surface area contributed by atoms with E-state index in [0.717, 1.165) is 6.42 Å². The molecule has 1 fully saturated rings. The minimum atomic E-state index is -1.08. The van der Waals surface area contributed by atoms with E-state index < -0.39 is 12.1 Å². The molecule has 0 radical (unpaired) electrons. The van der Waals surface area contributed by atoms with Crippen LogP contribution in [0.2, 0.25) is 0 Å². The summed E-state index contributed by atoms with van der Waals surface area (Å²) >= 11 is 0. The molecule has 2 rings (SSSR count). The van der Waals surface area contributed by atoms with E-state index in [-0.39, 0.29) is 17.2 Å². The standard InChI is InChI=1S/C13H15NO5/c1-18-11-7-8(4-5-9(11)13(16)17)14-12(15)10-3-2-6-19-10/h4-5,7,10H,2-3,6H2,1H3,(H,14,15)(H,16,17). The summed E-state index contributed by atoms with van der Waals surface area (Å²) in [7, 11) is 1.38. The van der Waals surface area contributed by atoms with Gasteiger partial charge in [0.25, 0.3) is 5.91 Å². The van der Waals surface area contributed by atoms with Crippen LogP contribution in [0.5, 0.6) is 5.75 Å². The number of hydrogen-bond donors (Lipinski definition) is 2. The molecule has 1 unspecified atom stereocenters. The molecule has 0 aromatic heterocycles. The second kappa shape index (κ2) is 5.71. The van der Waals surface area contributed by atoms with Crippen molar-refractivity contribution in [2.75, 3.05) is 19.0 Å². The SMILES string of the molecule is COc1cc(NC(=O)C2CCCO2)ccc1C(=O)O. The molecule has 6 heteroatoms. The number of carboxylic acids is 1. The summed E-state index contributed by atoms with van der Waals surface area (Å²) in [5.41, 5.74) is 0.542. The van der Waals surface area contributed by atoms with Gasteiger partial charge in [-0.25, -0.2) is 4.79 Å². The van der Waals surface area contributed by atoms with Crippen LogP contribution in [0.3, 0.4) is 0 Å². The fourth-order valence-electron chi connectivity index (χ4n) is 1.95. The van der Waals surface area contributed by atoms with E-state index in [4.69, 9.17) is 14.6 Å². The number of carboxylic acid groups (broad SMARTS) is 1. The fourth-order valence-corrected chi connectivity index (χ4v) is 1.95. The number of methoxy groups -OCH3 is 1. The van der Waals surface area contributed by atoms with Crippen LogP contribution in [0.25, 0.3) is 0 Å². The molecule has 1 atom stereocenters. The average Bonchev–Trinajstić information content (AvgIpc) is 2.92. The first-order valence-electron chi connectivity index (χ1n) is 5.95. The maximum atomic E-state index is 11.8. The number of carbonyl (C=O) groups excluding carboxylic acids is 1. The van der Waals surface area contributed by atoms with E-state index in [1.807, 2.05) is 0 Å². The quantitative estimate of drug-likeness (QED) is 0.862. The van der Waals surface area contributed by atoms with Crippen LogP contribution < -0.4 is 10.1 Å². The van der Waals surface area contributed by atoms with E-state index in [2.05, 4.69) is 5.32 Å². The lowest BCUT2D eigenvalue weighted by atomic mass is 10.1. The Balaban J connectivity index is 2.12. The molecule has 1 aliphatic rings. The van der Waals surface area contributed by atoms with E-state index in [1.165, 1.54) is 25.3 Å². The molecule has 2 N–H and O–H groups in total. The largest absolute Gasteiger partial charge is 0.496 e. The van der Waals surface area contributed by atoms with Crippen molar-refractivity contribution in [1.82, 2.24) is 0 Å². The third kappa shape index (κ3) is 3.03. The van der Waals surface area contributed by atoms with Crippen molar-refractivity contribution in [1.29, 1.82) is 0 Å². The summed E-state index contributed by atoms with van der Waals surface area (Å²) in [5.74, 6) is -1.09. The predicted molar refractivity (Wildman–Crippen MR) is 67.6 cm³/mol. The first-order valence-corrected chi connectivity index (χ1v) is 5.95. The number of nitrogens with one attached hydrogen (secondary N) is 1. The lowest BCUT2D eigenvalue weighted by Gasteiger charge is -2.12. The molecule has 1 aliphatic heterocycles.